The van der Waals surface area contributed by atoms with Crippen LogP contribution in [0.1, 0.15) is 42.6 Å². The molecule has 2 aromatic carbocycles. The first-order valence-corrected chi connectivity index (χ1v) is 14.5. The molecule has 2 aromatic heterocycles. The van der Waals surface area contributed by atoms with E-state index in [0.717, 1.165) is 16.7 Å². The Morgan fingerprint density at radius 2 is 1.80 bits per heavy atom. The molecule has 5 rings (SSSR count). The SMILES string of the molecule is C=CC(=O)N1CCN(c2nc(=O)n(-c3c(C(=O)N(C)C)cccc3C(C)C)c3nc(-c4c(O)cccc4F)c(F)cc23)[C@@H](C)C1. The number of fused-ring (bicyclic) bond motifs is 1. The van der Waals surface area contributed by atoms with Crippen LogP contribution in [0.3, 0.4) is 0 Å². The molecule has 1 aliphatic heterocycles. The van der Waals surface area contributed by atoms with Gasteiger partial charge in [0.05, 0.1) is 22.2 Å². The Labute approximate surface area is 258 Å². The molecule has 0 bridgehead atoms. The minimum absolute atomic E-state index is 0.0817. The lowest BCUT2D eigenvalue weighted by Gasteiger charge is -2.40. The van der Waals surface area contributed by atoms with Gasteiger partial charge in [-0.1, -0.05) is 38.6 Å². The number of anilines is 1. The summed E-state index contributed by atoms with van der Waals surface area (Å²) in [4.78, 5) is 53.6. The highest BCUT2D eigenvalue weighted by Crippen LogP contribution is 2.37. The summed E-state index contributed by atoms with van der Waals surface area (Å²) in [6.07, 6.45) is 1.23. The van der Waals surface area contributed by atoms with Crippen LogP contribution in [0.25, 0.3) is 28.0 Å². The summed E-state index contributed by atoms with van der Waals surface area (Å²) in [5.74, 6) is -3.06. The fourth-order valence-electron chi connectivity index (χ4n) is 5.74. The molecule has 1 saturated heterocycles. The maximum Gasteiger partial charge on any atom is 0.355 e. The van der Waals surface area contributed by atoms with Gasteiger partial charge in [-0.25, -0.2) is 23.1 Å². The molecular weight excluding hydrogens is 582 g/mol. The van der Waals surface area contributed by atoms with Crippen molar-refractivity contribution in [2.45, 2.75) is 32.7 Å². The summed E-state index contributed by atoms with van der Waals surface area (Å²) in [5, 5.41) is 10.7. The van der Waals surface area contributed by atoms with Crippen LogP contribution in [0.2, 0.25) is 0 Å². The van der Waals surface area contributed by atoms with Crippen LogP contribution in [0.4, 0.5) is 14.6 Å². The molecule has 0 spiro atoms. The minimum atomic E-state index is -0.953. The number of amides is 2. The molecule has 234 valence electrons. The summed E-state index contributed by atoms with van der Waals surface area (Å²) >= 11 is 0. The quantitative estimate of drug-likeness (QED) is 0.318. The summed E-state index contributed by atoms with van der Waals surface area (Å²) in [7, 11) is 3.17. The first kappa shape index (κ1) is 31.3. The number of hydrogen-bond acceptors (Lipinski definition) is 7. The standard InChI is InChI=1S/C33H34F2N6O4/c1-7-26(43)39-14-15-40(19(4)17-39)30-22-16-24(35)28(27-23(34)12-9-13-25(27)42)36-31(22)41(33(45)37-30)29-20(18(2)3)10-8-11-21(29)32(44)38(5)6/h7-13,16,18-19,42H,1,14-15,17H2,2-6H3/t19-/m0/s1. The smallest absolute Gasteiger partial charge is 0.355 e. The summed E-state index contributed by atoms with van der Waals surface area (Å²) in [6.45, 7) is 10.1. The Balaban J connectivity index is 1.88. The van der Waals surface area contributed by atoms with Crippen molar-refractivity contribution >= 4 is 28.7 Å². The van der Waals surface area contributed by atoms with Crippen molar-refractivity contribution in [3.63, 3.8) is 0 Å². The first-order valence-electron chi connectivity index (χ1n) is 14.5. The maximum absolute atomic E-state index is 16.0. The average molecular weight is 617 g/mol. The normalized spacial score (nSPS) is 15.1. The lowest BCUT2D eigenvalue weighted by Crippen LogP contribution is -2.54. The highest BCUT2D eigenvalue weighted by molar-refractivity contribution is 5.99. The molecule has 0 saturated carbocycles. The number of rotatable bonds is 6. The van der Waals surface area contributed by atoms with Crippen LogP contribution < -0.4 is 10.6 Å². The zero-order valence-electron chi connectivity index (χ0n) is 25.7. The summed E-state index contributed by atoms with van der Waals surface area (Å²) in [5.41, 5.74) is -0.818. The Morgan fingerprint density at radius 1 is 1.09 bits per heavy atom. The molecule has 3 heterocycles. The van der Waals surface area contributed by atoms with Crippen LogP contribution in [0.5, 0.6) is 5.75 Å². The van der Waals surface area contributed by atoms with E-state index in [9.17, 15) is 19.5 Å². The molecular formula is C33H34F2N6O4. The van der Waals surface area contributed by atoms with Gasteiger partial charge in [0, 0.05) is 39.8 Å². The largest absolute Gasteiger partial charge is 0.507 e. The topological polar surface area (TPSA) is 112 Å². The number of pyridine rings is 1. The van der Waals surface area contributed by atoms with Crippen molar-refractivity contribution < 1.29 is 23.5 Å². The first-order chi connectivity index (χ1) is 21.3. The van der Waals surface area contributed by atoms with E-state index in [0.29, 0.717) is 18.7 Å². The second-order valence-electron chi connectivity index (χ2n) is 11.5. The van der Waals surface area contributed by atoms with Crippen LogP contribution in [-0.4, -0.2) is 81.0 Å². The van der Waals surface area contributed by atoms with Crippen LogP contribution in [-0.2, 0) is 4.79 Å². The van der Waals surface area contributed by atoms with E-state index in [1.54, 1.807) is 42.1 Å². The molecule has 10 nitrogen and oxygen atoms in total. The van der Waals surface area contributed by atoms with Crippen LogP contribution in [0.15, 0.2) is 59.9 Å². The van der Waals surface area contributed by atoms with E-state index in [4.69, 9.17) is 0 Å². The third-order valence-electron chi connectivity index (χ3n) is 7.97. The number of aromatic nitrogens is 3. The molecule has 1 atom stereocenters. The zero-order chi connectivity index (χ0) is 32.7. The van der Waals surface area contributed by atoms with Gasteiger partial charge in [0.15, 0.2) is 11.5 Å². The van der Waals surface area contributed by atoms with Crippen molar-refractivity contribution in [2.75, 3.05) is 38.6 Å². The lowest BCUT2D eigenvalue weighted by atomic mass is 9.96. The maximum atomic E-state index is 16.0. The van der Waals surface area contributed by atoms with Gasteiger partial charge in [0.2, 0.25) is 5.91 Å². The predicted octanol–water partition coefficient (Wildman–Crippen LogP) is 4.48. The van der Waals surface area contributed by atoms with Gasteiger partial charge in [-0.05, 0) is 48.7 Å². The number of nitrogens with zero attached hydrogens (tertiary/aromatic N) is 6. The van der Waals surface area contributed by atoms with E-state index in [1.807, 2.05) is 20.8 Å². The number of phenolic OH excluding ortho intramolecular Hbond substituents is 1. The highest BCUT2D eigenvalue weighted by atomic mass is 19.1. The summed E-state index contributed by atoms with van der Waals surface area (Å²) < 4.78 is 32.2. The fourth-order valence-corrected chi connectivity index (χ4v) is 5.74. The van der Waals surface area contributed by atoms with Gasteiger partial charge in [-0.15, -0.1) is 0 Å². The van der Waals surface area contributed by atoms with Gasteiger partial charge in [-0.2, -0.15) is 4.98 Å². The molecule has 12 heteroatoms. The third kappa shape index (κ3) is 5.52. The third-order valence-corrected chi connectivity index (χ3v) is 7.97. The van der Waals surface area contributed by atoms with Gasteiger partial charge < -0.3 is 19.8 Å². The Morgan fingerprint density at radius 3 is 2.42 bits per heavy atom. The molecule has 1 aliphatic rings. The predicted molar refractivity (Wildman–Crippen MR) is 168 cm³/mol. The van der Waals surface area contributed by atoms with Gasteiger partial charge in [-0.3, -0.25) is 9.59 Å². The van der Waals surface area contributed by atoms with Crippen molar-refractivity contribution in [1.82, 2.24) is 24.3 Å². The van der Waals surface area contributed by atoms with Gasteiger partial charge in [0.1, 0.15) is 23.1 Å². The van der Waals surface area contributed by atoms with Gasteiger partial charge >= 0.3 is 5.69 Å². The molecule has 0 aliphatic carbocycles. The molecule has 0 radical (unpaired) electrons. The highest BCUT2D eigenvalue weighted by Gasteiger charge is 2.31. The molecule has 0 unspecified atom stereocenters. The van der Waals surface area contributed by atoms with E-state index in [2.05, 4.69) is 16.5 Å². The van der Waals surface area contributed by atoms with Crippen LogP contribution in [0, 0.1) is 11.6 Å². The van der Waals surface area contributed by atoms with Crippen molar-refractivity contribution in [1.29, 1.82) is 0 Å². The second-order valence-corrected chi connectivity index (χ2v) is 11.5. The van der Waals surface area contributed by atoms with Crippen LogP contribution >= 0.6 is 0 Å². The van der Waals surface area contributed by atoms with Gasteiger partial charge in [0.25, 0.3) is 5.91 Å². The minimum Gasteiger partial charge on any atom is -0.507 e. The van der Waals surface area contributed by atoms with E-state index in [-0.39, 0.29) is 58.4 Å². The van der Waals surface area contributed by atoms with E-state index < -0.39 is 34.3 Å². The lowest BCUT2D eigenvalue weighted by molar-refractivity contribution is -0.126. The number of carbonyl (C=O) groups is 2. The number of para-hydroxylation sites is 1. The fraction of sp³-hybridized carbons (Fsp3) is 0.303. The Bertz CT molecular complexity index is 1880. The van der Waals surface area contributed by atoms with Crippen molar-refractivity contribution in [2.24, 2.45) is 0 Å². The van der Waals surface area contributed by atoms with Crippen molar-refractivity contribution in [3.05, 3.63) is 88.4 Å². The number of piperazine rings is 1. The molecule has 2 amide bonds. The Kier molecular flexibility index (Phi) is 8.42. The van der Waals surface area contributed by atoms with E-state index >= 15 is 8.78 Å². The molecule has 45 heavy (non-hydrogen) atoms. The molecule has 1 N–H and O–H groups in total. The second kappa shape index (κ2) is 12.1. The molecule has 4 aromatic rings. The van der Waals surface area contributed by atoms with Crippen molar-refractivity contribution in [3.8, 4) is 22.7 Å². The number of carbonyl (C=O) groups excluding carboxylic acids is 2. The molecule has 1 fully saturated rings. The number of halogens is 2. The number of aromatic hydroxyl groups is 1. The summed E-state index contributed by atoms with van der Waals surface area (Å²) in [6, 6.07) is 9.42. The number of hydrogen-bond donors (Lipinski definition) is 1. The average Bonchev–Trinajstić information content (AvgIpc) is 3.00. The van der Waals surface area contributed by atoms with E-state index in [1.165, 1.54) is 23.1 Å². The monoisotopic (exact) mass is 616 g/mol. The Hall–Kier alpha value is -5.13. The number of benzene rings is 2. The zero-order valence-corrected chi connectivity index (χ0v) is 25.7. The number of phenols is 1.